The molecule has 0 aliphatic rings. The van der Waals surface area contributed by atoms with Crippen LogP contribution in [0.2, 0.25) is 0 Å². The summed E-state index contributed by atoms with van der Waals surface area (Å²) < 4.78 is 5.01. The molecule has 0 aliphatic carbocycles. The fourth-order valence-electron chi connectivity index (χ4n) is 1.32. The predicted octanol–water partition coefficient (Wildman–Crippen LogP) is 1.88. The van der Waals surface area contributed by atoms with Crippen molar-refractivity contribution < 1.29 is 9.52 Å². The van der Waals surface area contributed by atoms with Gasteiger partial charge in [-0.25, -0.2) is 4.79 Å². The quantitative estimate of drug-likeness (QED) is 0.697. The minimum atomic E-state index is -0.391. The highest BCUT2D eigenvalue weighted by Gasteiger charge is 2.03. The summed E-state index contributed by atoms with van der Waals surface area (Å²) in [6, 6.07) is 6.40. The van der Waals surface area contributed by atoms with Gasteiger partial charge in [-0.05, 0) is 31.5 Å². The summed E-state index contributed by atoms with van der Waals surface area (Å²) in [5.41, 5.74) is 0.550. The first-order chi connectivity index (χ1) is 6.70. The molecule has 1 radical (unpaired) electrons. The topological polar surface area (TPSA) is 50.4 Å². The lowest BCUT2D eigenvalue weighted by molar-refractivity contribution is 0.473. The second kappa shape index (κ2) is 3.18. The van der Waals surface area contributed by atoms with Gasteiger partial charge in [0.05, 0.1) is 0 Å². The van der Waals surface area contributed by atoms with Crippen molar-refractivity contribution in [2.75, 3.05) is 0 Å². The van der Waals surface area contributed by atoms with E-state index >= 15 is 0 Å². The molecule has 0 amide bonds. The molecule has 1 heterocycles. The molecule has 14 heavy (non-hydrogen) atoms. The monoisotopic (exact) mass is 189 g/mol. The summed E-state index contributed by atoms with van der Waals surface area (Å²) in [6.07, 6.45) is 0.402. The second-order valence-electron chi connectivity index (χ2n) is 3.03. The number of hydrogen-bond donors (Lipinski definition) is 1. The van der Waals surface area contributed by atoms with E-state index < -0.39 is 5.63 Å². The zero-order valence-electron chi connectivity index (χ0n) is 7.49. The molecule has 0 spiro atoms. The molecule has 1 aromatic carbocycles. The van der Waals surface area contributed by atoms with Crippen LogP contribution in [0.4, 0.5) is 0 Å². The van der Waals surface area contributed by atoms with Crippen LogP contribution in [0.5, 0.6) is 5.75 Å². The van der Waals surface area contributed by atoms with Gasteiger partial charge in [0.2, 0.25) is 0 Å². The predicted molar refractivity (Wildman–Crippen MR) is 53.2 cm³/mol. The number of benzene rings is 1. The lowest BCUT2D eigenvalue weighted by Crippen LogP contribution is -2.05. The van der Waals surface area contributed by atoms with Gasteiger partial charge in [-0.2, -0.15) is 0 Å². The van der Waals surface area contributed by atoms with Crippen molar-refractivity contribution in [3.05, 3.63) is 47.2 Å². The van der Waals surface area contributed by atoms with Crippen molar-refractivity contribution in [3.8, 4) is 5.75 Å². The minimum Gasteiger partial charge on any atom is -0.508 e. The number of aromatic hydroxyl groups is 1. The van der Waals surface area contributed by atoms with E-state index in [0.717, 1.165) is 5.39 Å². The largest absolute Gasteiger partial charge is 0.508 e. The van der Waals surface area contributed by atoms with Gasteiger partial charge in [0, 0.05) is 17.0 Å². The third-order valence-corrected chi connectivity index (χ3v) is 2.06. The zero-order valence-corrected chi connectivity index (χ0v) is 7.49. The number of rotatable bonds is 1. The van der Waals surface area contributed by atoms with E-state index in [1.165, 1.54) is 6.07 Å². The summed E-state index contributed by atoms with van der Waals surface area (Å²) in [7, 11) is 0. The molecule has 3 heteroatoms. The van der Waals surface area contributed by atoms with Crippen molar-refractivity contribution in [1.29, 1.82) is 0 Å². The van der Waals surface area contributed by atoms with Crippen LogP contribution in [0.3, 0.4) is 0 Å². The standard InChI is InChI=1S/C11H9O3/c1-2-7-5-8-3-4-9(12)6-10(8)14-11(7)13/h3-6,12H,1-2H2. The van der Waals surface area contributed by atoms with Crippen molar-refractivity contribution in [3.63, 3.8) is 0 Å². The molecule has 0 aliphatic heterocycles. The first-order valence-electron chi connectivity index (χ1n) is 4.25. The maximum atomic E-state index is 11.3. The van der Waals surface area contributed by atoms with Gasteiger partial charge >= 0.3 is 5.63 Å². The molecule has 2 aromatic rings. The average molecular weight is 189 g/mol. The van der Waals surface area contributed by atoms with Crippen molar-refractivity contribution in [2.24, 2.45) is 0 Å². The Labute approximate surface area is 80.6 Å². The lowest BCUT2D eigenvalue weighted by atomic mass is 10.1. The maximum Gasteiger partial charge on any atom is 0.339 e. The molecule has 0 saturated heterocycles. The molecular formula is C11H9O3. The van der Waals surface area contributed by atoms with Crippen LogP contribution in [-0.2, 0) is 6.42 Å². The Kier molecular flexibility index (Phi) is 2.00. The Morgan fingerprint density at radius 1 is 1.36 bits per heavy atom. The number of phenols is 1. The van der Waals surface area contributed by atoms with Gasteiger partial charge in [0.25, 0.3) is 0 Å². The van der Waals surface area contributed by atoms with Gasteiger partial charge < -0.3 is 9.52 Å². The fraction of sp³-hybridized carbons (Fsp3) is 0.0909. The summed E-state index contributed by atoms with van der Waals surface area (Å²) in [5.74, 6) is 0.0861. The molecule has 1 aromatic heterocycles. The smallest absolute Gasteiger partial charge is 0.339 e. The minimum absolute atomic E-state index is 0.0861. The Hall–Kier alpha value is -1.77. The second-order valence-corrected chi connectivity index (χ2v) is 3.03. The molecule has 1 N–H and O–H groups in total. The first kappa shape index (κ1) is 8.81. The van der Waals surface area contributed by atoms with Crippen LogP contribution in [0.15, 0.2) is 33.5 Å². The summed E-state index contributed by atoms with van der Waals surface area (Å²) >= 11 is 0. The highest BCUT2D eigenvalue weighted by Crippen LogP contribution is 2.19. The van der Waals surface area contributed by atoms with Gasteiger partial charge in [0.15, 0.2) is 0 Å². The van der Waals surface area contributed by atoms with Crippen LogP contribution >= 0.6 is 0 Å². The van der Waals surface area contributed by atoms with E-state index in [0.29, 0.717) is 17.6 Å². The summed E-state index contributed by atoms with van der Waals surface area (Å²) in [5, 5.41) is 9.97. The maximum absolute atomic E-state index is 11.3. The molecule has 0 fully saturated rings. The highest BCUT2D eigenvalue weighted by molar-refractivity contribution is 5.78. The Morgan fingerprint density at radius 2 is 2.14 bits per heavy atom. The van der Waals surface area contributed by atoms with Gasteiger partial charge in [-0.1, -0.05) is 0 Å². The van der Waals surface area contributed by atoms with E-state index in [4.69, 9.17) is 4.42 Å². The number of fused-ring (bicyclic) bond motifs is 1. The van der Waals surface area contributed by atoms with Gasteiger partial charge in [-0.15, -0.1) is 0 Å². The molecule has 3 nitrogen and oxygen atoms in total. The molecule has 71 valence electrons. The summed E-state index contributed by atoms with van der Waals surface area (Å²) in [6.45, 7) is 3.63. The van der Waals surface area contributed by atoms with Gasteiger partial charge in [0.1, 0.15) is 11.3 Å². The van der Waals surface area contributed by atoms with Gasteiger partial charge in [-0.3, -0.25) is 0 Å². The molecule has 0 bridgehead atoms. The SMILES string of the molecule is [CH2]Cc1cc2ccc(O)cc2oc1=O. The van der Waals surface area contributed by atoms with E-state index in [2.05, 4.69) is 6.92 Å². The first-order valence-corrected chi connectivity index (χ1v) is 4.25. The van der Waals surface area contributed by atoms with Crippen molar-refractivity contribution in [2.45, 2.75) is 6.42 Å². The highest BCUT2D eigenvalue weighted by atomic mass is 16.4. The summed E-state index contributed by atoms with van der Waals surface area (Å²) in [4.78, 5) is 11.3. The average Bonchev–Trinajstić information content (AvgIpc) is 2.16. The van der Waals surface area contributed by atoms with Crippen LogP contribution in [0, 0.1) is 6.92 Å². The van der Waals surface area contributed by atoms with Crippen molar-refractivity contribution >= 4 is 11.0 Å². The molecule has 0 atom stereocenters. The normalized spacial score (nSPS) is 10.6. The zero-order chi connectivity index (χ0) is 10.1. The lowest BCUT2D eigenvalue weighted by Gasteiger charge is -1.99. The van der Waals surface area contributed by atoms with E-state index in [1.807, 2.05) is 0 Å². The third kappa shape index (κ3) is 1.37. The van der Waals surface area contributed by atoms with E-state index in [9.17, 15) is 9.90 Å². The number of phenolic OH excluding ortho intramolecular Hbond substituents is 1. The van der Waals surface area contributed by atoms with E-state index in [1.54, 1.807) is 18.2 Å². The molecule has 0 unspecified atom stereocenters. The van der Waals surface area contributed by atoms with Crippen LogP contribution in [-0.4, -0.2) is 5.11 Å². The van der Waals surface area contributed by atoms with Crippen LogP contribution in [0.1, 0.15) is 5.56 Å². The van der Waals surface area contributed by atoms with Crippen LogP contribution in [0.25, 0.3) is 11.0 Å². The molecule has 2 rings (SSSR count). The fourth-order valence-corrected chi connectivity index (χ4v) is 1.32. The van der Waals surface area contributed by atoms with E-state index in [-0.39, 0.29) is 5.75 Å². The number of hydrogen-bond acceptors (Lipinski definition) is 3. The van der Waals surface area contributed by atoms with Crippen molar-refractivity contribution in [1.82, 2.24) is 0 Å². The Morgan fingerprint density at radius 3 is 2.86 bits per heavy atom. The van der Waals surface area contributed by atoms with Crippen LogP contribution < -0.4 is 5.63 Å². The third-order valence-electron chi connectivity index (χ3n) is 2.06. The molecule has 0 saturated carbocycles. The Bertz CT molecular complexity index is 526. The molecular weight excluding hydrogens is 180 g/mol. The Balaban J connectivity index is 2.79.